The number of hydrogen-bond donors (Lipinski definition) is 2. The lowest BCUT2D eigenvalue weighted by Gasteiger charge is -2.49. The second kappa shape index (κ2) is 13.8. The number of fused-ring (bicyclic) bond motifs is 4. The summed E-state index contributed by atoms with van der Waals surface area (Å²) in [4.78, 5) is 31.5. The lowest BCUT2D eigenvalue weighted by Crippen LogP contribution is -2.54. The molecule has 9 nitrogen and oxygen atoms in total. The number of benzene rings is 2. The molecule has 1 spiro atoms. The zero-order chi connectivity index (χ0) is 35.3. The Labute approximate surface area is 301 Å². The number of aryl methyl sites for hydroxylation is 1. The quantitative estimate of drug-likeness (QED) is 0.326. The molecule has 7 atom stereocenters. The molecule has 2 bridgehead atoms. The summed E-state index contributed by atoms with van der Waals surface area (Å²) in [5.74, 6) is 4.01. The maximum atomic E-state index is 13.9. The van der Waals surface area contributed by atoms with E-state index in [0.29, 0.717) is 63.7 Å². The molecule has 3 heterocycles. The Morgan fingerprint density at radius 3 is 2.72 bits per heavy atom. The smallest absolute Gasteiger partial charge is 0.262 e. The maximum absolute atomic E-state index is 13.9. The van der Waals surface area contributed by atoms with Crippen molar-refractivity contribution >= 4 is 44.7 Å². The van der Waals surface area contributed by atoms with Crippen molar-refractivity contribution in [2.24, 2.45) is 17.8 Å². The van der Waals surface area contributed by atoms with Crippen LogP contribution in [0.15, 0.2) is 48.6 Å². The number of anilines is 1. The first-order chi connectivity index (χ1) is 23.9. The van der Waals surface area contributed by atoms with Gasteiger partial charge >= 0.3 is 0 Å². The molecule has 2 fully saturated rings. The fraction of sp³-hybridized carbons (Fsp3) is 0.564. The molecule has 2 aliphatic carbocycles. The Morgan fingerprint density at radius 1 is 1.16 bits per heavy atom. The van der Waals surface area contributed by atoms with Crippen LogP contribution in [0.5, 0.6) is 5.75 Å². The molecular weight excluding hydrogens is 674 g/mol. The number of ether oxygens (including phenoxy) is 2. The number of allylic oxidation sites excluding steroid dienone is 1. The average Bonchev–Trinajstić information content (AvgIpc) is 3.22. The molecule has 2 amide bonds. The molecule has 270 valence electrons. The molecule has 2 aromatic carbocycles. The highest BCUT2D eigenvalue weighted by Gasteiger charge is 2.49. The first-order valence-corrected chi connectivity index (χ1v) is 20.3. The van der Waals surface area contributed by atoms with Gasteiger partial charge in [-0.15, -0.1) is 0 Å². The zero-order valence-corrected chi connectivity index (χ0v) is 30.8. The molecule has 1 saturated heterocycles. The largest absolute Gasteiger partial charge is 0.490 e. The van der Waals surface area contributed by atoms with Gasteiger partial charge in [0, 0.05) is 47.4 Å². The normalized spacial score (nSPS) is 35.1. The third kappa shape index (κ3) is 6.81. The number of carbonyl (C=O) groups is 2. The second-order valence-electron chi connectivity index (χ2n) is 15.4. The van der Waals surface area contributed by atoms with Gasteiger partial charge in [-0.1, -0.05) is 36.7 Å². The van der Waals surface area contributed by atoms with E-state index in [1.54, 1.807) is 11.0 Å². The van der Waals surface area contributed by atoms with E-state index in [-0.39, 0.29) is 35.5 Å². The fourth-order valence-corrected chi connectivity index (χ4v) is 10.5. The molecule has 2 N–H and O–H groups in total. The van der Waals surface area contributed by atoms with Crippen LogP contribution in [0.2, 0.25) is 5.02 Å². The first kappa shape index (κ1) is 35.4. The van der Waals surface area contributed by atoms with Gasteiger partial charge in [0.25, 0.3) is 5.91 Å². The molecule has 5 aliphatic rings. The van der Waals surface area contributed by atoms with Crippen LogP contribution in [0.25, 0.3) is 0 Å². The predicted octanol–water partition coefficient (Wildman–Crippen LogP) is 5.17. The van der Waals surface area contributed by atoms with Crippen LogP contribution in [-0.4, -0.2) is 88.8 Å². The van der Waals surface area contributed by atoms with Crippen LogP contribution in [0.1, 0.15) is 73.9 Å². The van der Waals surface area contributed by atoms with Crippen LogP contribution in [0, 0.1) is 17.8 Å². The number of amides is 2. The number of morpholine rings is 1. The van der Waals surface area contributed by atoms with Gasteiger partial charge in [0.1, 0.15) is 5.75 Å². The highest BCUT2D eigenvalue weighted by Crippen LogP contribution is 2.49. The summed E-state index contributed by atoms with van der Waals surface area (Å²) in [6, 6.07) is 11.6. The zero-order valence-electron chi connectivity index (χ0n) is 29.2. The van der Waals surface area contributed by atoms with Crippen molar-refractivity contribution in [2.75, 3.05) is 50.9 Å². The highest BCUT2D eigenvalue weighted by molar-refractivity contribution is 7.99. The summed E-state index contributed by atoms with van der Waals surface area (Å²) < 4.78 is 28.8. The van der Waals surface area contributed by atoms with E-state index in [0.717, 1.165) is 42.8 Å². The number of nitrogens with zero attached hydrogens (tertiary/aromatic N) is 2. The molecule has 0 aromatic heterocycles. The van der Waals surface area contributed by atoms with Crippen molar-refractivity contribution in [3.8, 4) is 5.75 Å². The monoisotopic (exact) mass is 723 g/mol. The van der Waals surface area contributed by atoms with Crippen LogP contribution >= 0.6 is 11.6 Å². The number of aliphatic hydroxyl groups is 1. The number of hydrogen-bond acceptors (Lipinski definition) is 7. The highest BCUT2D eigenvalue weighted by atomic mass is 35.5. The SMILES string of the molecule is C=S1(=O)NC(=O)c2ccc3c(c2)N(C[C@@H]2CC[C@H]2[C@@](O)(CC(=O)N2CCOCC2)/C=C/C[C@H](C)[C@H]1C)C[C@@]1(CCCc2cc(Cl)ccc21)CO3. The lowest BCUT2D eigenvalue weighted by molar-refractivity contribution is -0.143. The molecule has 1 saturated carbocycles. The van der Waals surface area contributed by atoms with Gasteiger partial charge in [0.15, 0.2) is 0 Å². The van der Waals surface area contributed by atoms with Gasteiger partial charge in [-0.2, -0.15) is 0 Å². The predicted molar refractivity (Wildman–Crippen MR) is 199 cm³/mol. The average molecular weight is 724 g/mol. The Kier molecular flexibility index (Phi) is 9.78. The van der Waals surface area contributed by atoms with Crippen molar-refractivity contribution in [3.05, 3.63) is 70.3 Å². The Morgan fingerprint density at radius 2 is 1.96 bits per heavy atom. The van der Waals surface area contributed by atoms with E-state index in [1.165, 1.54) is 11.1 Å². The topological polar surface area (TPSA) is 108 Å². The molecule has 11 heteroatoms. The van der Waals surface area contributed by atoms with E-state index >= 15 is 0 Å². The van der Waals surface area contributed by atoms with Crippen molar-refractivity contribution < 1.29 is 28.4 Å². The lowest BCUT2D eigenvalue weighted by atomic mass is 9.63. The van der Waals surface area contributed by atoms with Gasteiger partial charge in [0.2, 0.25) is 5.91 Å². The van der Waals surface area contributed by atoms with Gasteiger partial charge < -0.3 is 24.4 Å². The van der Waals surface area contributed by atoms with Crippen LogP contribution < -0.4 is 14.4 Å². The first-order valence-electron chi connectivity index (χ1n) is 18.1. The fourth-order valence-electron chi connectivity index (χ4n) is 8.83. The summed E-state index contributed by atoms with van der Waals surface area (Å²) >= 11 is 6.46. The molecule has 50 heavy (non-hydrogen) atoms. The molecular formula is C39H50ClN3O6S. The minimum Gasteiger partial charge on any atom is -0.490 e. The van der Waals surface area contributed by atoms with E-state index in [1.807, 2.05) is 44.2 Å². The van der Waals surface area contributed by atoms with Crippen molar-refractivity contribution in [2.45, 2.75) is 75.1 Å². The third-order valence-electron chi connectivity index (χ3n) is 12.2. The molecule has 3 aliphatic heterocycles. The van der Waals surface area contributed by atoms with E-state index in [9.17, 15) is 18.9 Å². The third-order valence-corrected chi connectivity index (χ3v) is 14.6. The Hall–Kier alpha value is -3.05. The molecule has 2 aromatic rings. The molecule has 1 unspecified atom stereocenters. The van der Waals surface area contributed by atoms with Crippen molar-refractivity contribution in [1.82, 2.24) is 9.62 Å². The van der Waals surface area contributed by atoms with Crippen LogP contribution in [-0.2, 0) is 31.1 Å². The number of rotatable bonds is 2. The van der Waals surface area contributed by atoms with Crippen LogP contribution in [0.3, 0.4) is 0 Å². The summed E-state index contributed by atoms with van der Waals surface area (Å²) in [6.07, 6.45) is 8.89. The summed E-state index contributed by atoms with van der Waals surface area (Å²) in [5.41, 5.74) is 2.02. The van der Waals surface area contributed by atoms with Crippen molar-refractivity contribution in [3.63, 3.8) is 0 Å². The Bertz CT molecular complexity index is 1780. The van der Waals surface area contributed by atoms with Crippen LogP contribution in [0.4, 0.5) is 5.69 Å². The standard InChI is InChI=1S/C39H50ClN3O6S/c1-26-6-4-15-39(46,22-36(44)42-16-18-48-19-17-42)33-11-8-30(33)23-43-24-38(14-5-7-28-20-31(40)10-12-32(28)38)25-49-35-13-9-29(21-34(35)43)37(45)41-50(3,47)27(26)2/h4,9-10,12-13,15,20-21,26-27,30,33,46H,3,5-8,11,14,16-19,22-25H2,1-2H3,(H,41,45,47)/b15-4+/t26-,27+,30-,33+,38-,39-,50?/m0/s1. The van der Waals surface area contributed by atoms with E-state index < -0.39 is 26.5 Å². The summed E-state index contributed by atoms with van der Waals surface area (Å²) in [6.45, 7) is 7.61. The minimum atomic E-state index is -3.03. The van der Waals surface area contributed by atoms with E-state index in [2.05, 4.69) is 27.6 Å². The number of halogens is 1. The van der Waals surface area contributed by atoms with Gasteiger partial charge in [-0.3, -0.25) is 14.3 Å². The molecule has 0 radical (unpaired) electrons. The van der Waals surface area contributed by atoms with E-state index in [4.69, 9.17) is 21.1 Å². The number of carbonyl (C=O) groups excluding carboxylic acids is 2. The minimum absolute atomic E-state index is 0.00134. The van der Waals surface area contributed by atoms with Crippen molar-refractivity contribution in [1.29, 1.82) is 0 Å². The number of nitrogens with one attached hydrogen (secondary N) is 1. The summed E-state index contributed by atoms with van der Waals surface area (Å²) in [5, 5.41) is 12.8. The maximum Gasteiger partial charge on any atom is 0.262 e. The van der Waals surface area contributed by atoms with Gasteiger partial charge in [-0.25, -0.2) is 4.21 Å². The summed E-state index contributed by atoms with van der Waals surface area (Å²) in [7, 11) is -3.03. The van der Waals surface area contributed by atoms with Gasteiger partial charge in [-0.05, 0) is 111 Å². The van der Waals surface area contributed by atoms with Gasteiger partial charge in [0.05, 0.1) is 47.2 Å². The second-order valence-corrected chi connectivity index (χ2v) is 18.2. The Balaban J connectivity index is 1.29. The molecule has 7 rings (SSSR count).